The standard InChI is InChI=1S/C18H25NO2/c1-19-11-4-3-10-18(17(19)20,13-14-8-9-14)15-6-5-7-16(12-15)21-2/h5-7,12,14H,3-4,8-11,13H2,1-2H3/t18-/m1/s1. The van der Waals surface area contributed by atoms with Crippen molar-refractivity contribution in [3.63, 3.8) is 0 Å². The van der Waals surface area contributed by atoms with E-state index < -0.39 is 0 Å². The zero-order valence-corrected chi connectivity index (χ0v) is 13.1. The number of hydrogen-bond acceptors (Lipinski definition) is 2. The lowest BCUT2D eigenvalue weighted by Gasteiger charge is -2.34. The predicted molar refractivity (Wildman–Crippen MR) is 83.5 cm³/mol. The molecule has 1 saturated carbocycles. The molecule has 3 heteroatoms. The van der Waals surface area contributed by atoms with Crippen molar-refractivity contribution in [1.82, 2.24) is 4.90 Å². The summed E-state index contributed by atoms with van der Waals surface area (Å²) in [5.41, 5.74) is 0.813. The summed E-state index contributed by atoms with van der Waals surface area (Å²) < 4.78 is 5.38. The monoisotopic (exact) mass is 287 g/mol. The van der Waals surface area contributed by atoms with Crippen molar-refractivity contribution in [1.29, 1.82) is 0 Å². The number of likely N-dealkylation sites (N-methyl/N-ethyl adjacent to an activating group) is 1. The van der Waals surface area contributed by atoms with Crippen LogP contribution in [0.2, 0.25) is 0 Å². The molecule has 1 aromatic carbocycles. The van der Waals surface area contributed by atoms with Crippen molar-refractivity contribution < 1.29 is 9.53 Å². The Morgan fingerprint density at radius 3 is 2.86 bits per heavy atom. The van der Waals surface area contributed by atoms with E-state index in [-0.39, 0.29) is 5.41 Å². The minimum Gasteiger partial charge on any atom is -0.497 e. The maximum absolute atomic E-state index is 13.1. The predicted octanol–water partition coefficient (Wildman–Crippen LogP) is 3.38. The summed E-state index contributed by atoms with van der Waals surface area (Å²) >= 11 is 0. The van der Waals surface area contributed by atoms with Gasteiger partial charge in [0.25, 0.3) is 0 Å². The Bertz CT molecular complexity index is 524. The van der Waals surface area contributed by atoms with Crippen molar-refractivity contribution in [3.8, 4) is 5.75 Å². The molecule has 0 spiro atoms. The smallest absolute Gasteiger partial charge is 0.232 e. The van der Waals surface area contributed by atoms with Crippen molar-refractivity contribution >= 4 is 5.91 Å². The molecule has 1 aliphatic heterocycles. The first-order valence-electron chi connectivity index (χ1n) is 8.06. The van der Waals surface area contributed by atoms with Crippen LogP contribution in [0.15, 0.2) is 24.3 Å². The molecule has 1 saturated heterocycles. The van der Waals surface area contributed by atoms with Crippen LogP contribution in [0.3, 0.4) is 0 Å². The molecule has 1 heterocycles. The highest BCUT2D eigenvalue weighted by Crippen LogP contribution is 2.47. The van der Waals surface area contributed by atoms with Crippen LogP contribution in [0.25, 0.3) is 0 Å². The fourth-order valence-corrected chi connectivity index (χ4v) is 3.66. The van der Waals surface area contributed by atoms with Gasteiger partial charge in [-0.3, -0.25) is 4.79 Å². The lowest BCUT2D eigenvalue weighted by atomic mass is 9.72. The largest absolute Gasteiger partial charge is 0.497 e. The van der Waals surface area contributed by atoms with E-state index in [0.717, 1.165) is 49.5 Å². The van der Waals surface area contributed by atoms with Gasteiger partial charge in [-0.1, -0.05) is 31.4 Å². The van der Waals surface area contributed by atoms with Crippen molar-refractivity contribution in [3.05, 3.63) is 29.8 Å². The van der Waals surface area contributed by atoms with Gasteiger partial charge in [-0.25, -0.2) is 0 Å². The van der Waals surface area contributed by atoms with Gasteiger partial charge in [0.2, 0.25) is 5.91 Å². The molecular formula is C18H25NO2. The van der Waals surface area contributed by atoms with Crippen LogP contribution in [-0.2, 0) is 10.2 Å². The van der Waals surface area contributed by atoms with Crippen molar-refractivity contribution in [2.24, 2.45) is 5.92 Å². The van der Waals surface area contributed by atoms with Crippen LogP contribution in [0.1, 0.15) is 44.1 Å². The molecule has 3 rings (SSSR count). The highest BCUT2D eigenvalue weighted by atomic mass is 16.5. The van der Waals surface area contributed by atoms with E-state index in [1.165, 1.54) is 12.8 Å². The van der Waals surface area contributed by atoms with Crippen molar-refractivity contribution in [2.75, 3.05) is 20.7 Å². The van der Waals surface area contributed by atoms with Crippen LogP contribution in [0.5, 0.6) is 5.75 Å². The summed E-state index contributed by atoms with van der Waals surface area (Å²) in [6.45, 7) is 0.884. The molecule has 1 atom stereocenters. The first-order valence-corrected chi connectivity index (χ1v) is 8.06. The van der Waals surface area contributed by atoms with E-state index in [0.29, 0.717) is 5.91 Å². The normalized spacial score (nSPS) is 26.6. The molecule has 0 N–H and O–H groups in total. The lowest BCUT2D eigenvalue weighted by molar-refractivity contribution is -0.136. The molecule has 2 fully saturated rings. The van der Waals surface area contributed by atoms with Crippen LogP contribution >= 0.6 is 0 Å². The van der Waals surface area contributed by atoms with E-state index in [2.05, 4.69) is 12.1 Å². The van der Waals surface area contributed by atoms with E-state index in [1.807, 2.05) is 24.1 Å². The highest BCUT2D eigenvalue weighted by Gasteiger charge is 2.46. The SMILES string of the molecule is COc1cccc([C@]2(CC3CC3)CCCCN(C)C2=O)c1. The quantitative estimate of drug-likeness (QED) is 0.849. The minimum atomic E-state index is -0.332. The molecule has 0 bridgehead atoms. The number of benzene rings is 1. The summed E-state index contributed by atoms with van der Waals surface area (Å²) in [5.74, 6) is 1.88. The second-order valence-electron chi connectivity index (χ2n) is 6.65. The molecule has 0 unspecified atom stereocenters. The van der Waals surface area contributed by atoms with Crippen LogP contribution < -0.4 is 4.74 Å². The molecule has 1 amide bonds. The molecule has 2 aliphatic rings. The number of hydrogen-bond donors (Lipinski definition) is 0. The van der Waals surface area contributed by atoms with Gasteiger partial charge in [0, 0.05) is 13.6 Å². The summed E-state index contributed by atoms with van der Waals surface area (Å²) in [7, 11) is 3.64. The number of nitrogens with zero attached hydrogens (tertiary/aromatic N) is 1. The first kappa shape index (κ1) is 14.4. The number of methoxy groups -OCH3 is 1. The van der Waals surface area contributed by atoms with E-state index in [9.17, 15) is 4.79 Å². The summed E-state index contributed by atoms with van der Waals surface area (Å²) in [6, 6.07) is 8.15. The summed E-state index contributed by atoms with van der Waals surface area (Å²) in [4.78, 5) is 15.1. The van der Waals surface area contributed by atoms with Gasteiger partial charge in [0.1, 0.15) is 5.75 Å². The summed E-state index contributed by atoms with van der Waals surface area (Å²) in [6.07, 6.45) is 6.77. The second-order valence-corrected chi connectivity index (χ2v) is 6.65. The number of likely N-dealkylation sites (tertiary alicyclic amines) is 1. The Labute approximate surface area is 127 Å². The molecule has 0 radical (unpaired) electrons. The molecule has 114 valence electrons. The van der Waals surface area contributed by atoms with Gasteiger partial charge in [0.15, 0.2) is 0 Å². The van der Waals surface area contributed by atoms with E-state index >= 15 is 0 Å². The molecule has 1 aliphatic carbocycles. The van der Waals surface area contributed by atoms with E-state index in [1.54, 1.807) is 7.11 Å². The second kappa shape index (κ2) is 5.70. The van der Waals surface area contributed by atoms with E-state index in [4.69, 9.17) is 4.74 Å². The average molecular weight is 287 g/mol. The Balaban J connectivity index is 2.03. The Morgan fingerprint density at radius 1 is 1.33 bits per heavy atom. The first-order chi connectivity index (χ1) is 10.2. The zero-order chi connectivity index (χ0) is 14.9. The van der Waals surface area contributed by atoms with Gasteiger partial charge in [0.05, 0.1) is 12.5 Å². The maximum atomic E-state index is 13.1. The average Bonchev–Trinajstić information content (AvgIpc) is 3.33. The number of carbonyl (C=O) groups is 1. The van der Waals surface area contributed by atoms with Gasteiger partial charge in [-0.15, -0.1) is 0 Å². The topological polar surface area (TPSA) is 29.5 Å². The van der Waals surface area contributed by atoms with Crippen molar-refractivity contribution in [2.45, 2.75) is 43.9 Å². The van der Waals surface area contributed by atoms with Crippen LogP contribution in [0.4, 0.5) is 0 Å². The highest BCUT2D eigenvalue weighted by molar-refractivity contribution is 5.88. The number of amides is 1. The third kappa shape index (κ3) is 2.78. The Morgan fingerprint density at radius 2 is 2.14 bits per heavy atom. The Hall–Kier alpha value is -1.51. The van der Waals surface area contributed by atoms with Gasteiger partial charge in [-0.2, -0.15) is 0 Å². The third-order valence-electron chi connectivity index (χ3n) is 5.06. The number of carbonyl (C=O) groups excluding carboxylic acids is 1. The Kier molecular flexibility index (Phi) is 3.92. The van der Waals surface area contributed by atoms with Gasteiger partial charge >= 0.3 is 0 Å². The number of ether oxygens (including phenoxy) is 1. The van der Waals surface area contributed by atoms with Crippen LogP contribution in [0, 0.1) is 5.92 Å². The molecule has 1 aromatic rings. The molecule has 0 aromatic heterocycles. The molecular weight excluding hydrogens is 262 g/mol. The zero-order valence-electron chi connectivity index (χ0n) is 13.1. The van der Waals surface area contributed by atoms with Crippen LogP contribution in [-0.4, -0.2) is 31.5 Å². The summed E-state index contributed by atoms with van der Waals surface area (Å²) in [5, 5.41) is 0. The maximum Gasteiger partial charge on any atom is 0.232 e. The minimum absolute atomic E-state index is 0.306. The lowest BCUT2D eigenvalue weighted by Crippen LogP contribution is -2.44. The van der Waals surface area contributed by atoms with Gasteiger partial charge < -0.3 is 9.64 Å². The number of rotatable bonds is 4. The molecule has 3 nitrogen and oxygen atoms in total. The van der Waals surface area contributed by atoms with Gasteiger partial charge in [-0.05, 0) is 42.9 Å². The molecule has 21 heavy (non-hydrogen) atoms. The fourth-order valence-electron chi connectivity index (χ4n) is 3.66. The fraction of sp³-hybridized carbons (Fsp3) is 0.611. The third-order valence-corrected chi connectivity index (χ3v) is 5.06.